The average molecular weight is 858 g/mol. The van der Waals surface area contributed by atoms with Crippen molar-refractivity contribution in [3.05, 3.63) is 34.6 Å². The van der Waals surface area contributed by atoms with Crippen molar-refractivity contribution in [2.24, 2.45) is 0 Å². The summed E-state index contributed by atoms with van der Waals surface area (Å²) in [6.07, 6.45) is 0. The number of halogens is 1. The fraction of sp³-hybridized carbons (Fsp3) is 0.333. The van der Waals surface area contributed by atoms with Crippen molar-refractivity contribution in [2.75, 3.05) is 0 Å². The Kier molecular flexibility index (Phi) is 11.7. The molecule has 0 aliphatic heterocycles. The summed E-state index contributed by atoms with van der Waals surface area (Å²) in [6.45, 7) is 0. The van der Waals surface area contributed by atoms with E-state index in [1.54, 1.807) is 0 Å². The molecule has 1 rings (SSSR count). The van der Waals surface area contributed by atoms with Crippen LogP contribution in [0.25, 0.3) is 0 Å². The molecule has 0 radical (unpaired) electrons. The molecule has 0 atom stereocenters. The maximum absolute atomic E-state index is 15.7. The van der Waals surface area contributed by atoms with Crippen molar-refractivity contribution in [3.8, 4) is 0 Å². The summed E-state index contributed by atoms with van der Waals surface area (Å²) in [7, 11) is -69.3. The Bertz CT molecular complexity index is 1690. The summed E-state index contributed by atoms with van der Waals surface area (Å²) < 4.78 is 110. The van der Waals surface area contributed by atoms with Crippen LogP contribution in [0.1, 0.15) is 16.7 Å². The summed E-state index contributed by atoms with van der Waals surface area (Å²) in [5.74, 6) is -3.32. The van der Waals surface area contributed by atoms with Gasteiger partial charge in [-0.05, 0) is 12.1 Å². The normalized spacial score (nSPS) is 16.1. The van der Waals surface area contributed by atoms with Crippen molar-refractivity contribution in [2.45, 2.75) is 13.9 Å². The molecule has 0 saturated carbocycles. The Morgan fingerprint density at radius 2 is 0.478 bits per heavy atom. The van der Waals surface area contributed by atoms with Crippen molar-refractivity contribution in [3.63, 3.8) is 0 Å². The Hall–Kier alpha value is 0.500. The molecule has 0 heterocycles. The second kappa shape index (κ2) is 12.0. The summed E-state index contributed by atoms with van der Waals surface area (Å²) in [5, 5.41) is 0. The highest BCUT2D eigenvalue weighted by Crippen LogP contribution is 2.94. The second-order valence-electron chi connectivity index (χ2n) is 8.68. The summed E-state index contributed by atoms with van der Waals surface area (Å²) in [5.41, 5.74) is -9.97. The molecular weight excluding hydrogens is 838 g/mol. The van der Waals surface area contributed by atoms with Gasteiger partial charge in [-0.15, -0.1) is 0 Å². The van der Waals surface area contributed by atoms with Crippen molar-refractivity contribution in [1.82, 2.24) is 0 Å². The lowest BCUT2D eigenvalue weighted by Crippen LogP contribution is -2.36. The van der Waals surface area contributed by atoms with Gasteiger partial charge >= 0.3 is 68.4 Å². The minimum absolute atomic E-state index is 1.46. The first-order chi connectivity index (χ1) is 19.5. The Balaban J connectivity index is 5.59. The highest BCUT2D eigenvalue weighted by molar-refractivity contribution is 7.89. The Morgan fingerprint density at radius 1 is 0.326 bits per heavy atom. The SMILES string of the molecule is O=P(O)(O)C(c1cc(C(P(=O)(O)O)(P(=O)(O)O)P(=O)(O)O)c(C(P(=O)(O)O)(P(=O)(O)O)P(=O)(O)O)cc1F)(P(=O)(O)O)P(=O)(O)O. The van der Waals surface area contributed by atoms with Gasteiger partial charge in [0.1, 0.15) is 5.82 Å². The van der Waals surface area contributed by atoms with Crippen molar-refractivity contribution < 1.29 is 134 Å². The van der Waals surface area contributed by atoms with E-state index in [9.17, 15) is 129 Å². The topological polar surface area (TPSA) is 518 Å². The number of hydrogen-bond donors (Lipinski definition) is 18. The predicted molar refractivity (Wildman–Crippen MR) is 140 cm³/mol. The zero-order chi connectivity index (χ0) is 37.7. The van der Waals surface area contributed by atoms with E-state index in [1.165, 1.54) is 0 Å². The van der Waals surface area contributed by atoms with Gasteiger partial charge in [-0.2, -0.15) is 0 Å². The number of hydrogen-bond acceptors (Lipinski definition) is 9. The predicted octanol–water partition coefficient (Wildman–Crippen LogP) is -2.24. The quantitative estimate of drug-likeness (QED) is 0.0988. The first-order valence-electron chi connectivity index (χ1n) is 9.85. The first-order valence-corrected chi connectivity index (χ1v) is 24.4. The zero-order valence-electron chi connectivity index (χ0n) is 20.8. The second-order valence-corrected chi connectivity index (χ2v) is 27.7. The lowest BCUT2D eigenvalue weighted by molar-refractivity contribution is 0.287. The van der Waals surface area contributed by atoms with Gasteiger partial charge in [0, 0.05) is 16.7 Å². The van der Waals surface area contributed by atoms with Gasteiger partial charge < -0.3 is 88.1 Å². The van der Waals surface area contributed by atoms with Crippen LogP contribution in [0, 0.1) is 5.82 Å². The zero-order valence-corrected chi connectivity index (χ0v) is 28.8. The first kappa shape index (κ1) is 44.5. The molecule has 1 aromatic carbocycles. The highest BCUT2D eigenvalue weighted by atomic mass is 31.3. The highest BCUT2D eigenvalue weighted by Gasteiger charge is 2.81. The molecule has 0 aromatic heterocycles. The molecule has 0 fully saturated rings. The van der Waals surface area contributed by atoms with E-state index >= 15 is 4.39 Å². The molecule has 0 aliphatic rings. The molecule has 0 saturated heterocycles. The van der Waals surface area contributed by atoms with E-state index in [2.05, 4.69) is 0 Å². The third-order valence-electron chi connectivity index (χ3n) is 5.85. The largest absolute Gasteiger partial charge is 0.360 e. The molecule has 46 heavy (non-hydrogen) atoms. The van der Waals surface area contributed by atoms with Crippen molar-refractivity contribution in [1.29, 1.82) is 0 Å². The summed E-state index contributed by atoms with van der Waals surface area (Å²) >= 11 is 0. The molecule has 27 nitrogen and oxygen atoms in total. The molecule has 270 valence electrons. The average Bonchev–Trinajstić information content (AvgIpc) is 2.61. The number of benzene rings is 1. The molecule has 0 bridgehead atoms. The van der Waals surface area contributed by atoms with Gasteiger partial charge in [-0.25, -0.2) is 4.39 Å². The van der Waals surface area contributed by atoms with Gasteiger partial charge in [0.15, 0.2) is 0 Å². The fourth-order valence-electron chi connectivity index (χ4n) is 4.32. The van der Waals surface area contributed by atoms with Crippen LogP contribution in [0.2, 0.25) is 0 Å². The van der Waals surface area contributed by atoms with Crippen molar-refractivity contribution >= 4 is 68.4 Å². The van der Waals surface area contributed by atoms with Gasteiger partial charge in [-0.1, -0.05) is 0 Å². The van der Waals surface area contributed by atoms with E-state index in [0.717, 1.165) is 0 Å². The molecule has 0 amide bonds. The lowest BCUT2D eigenvalue weighted by Gasteiger charge is -2.42. The molecular formula is C9H20FO27P9. The van der Waals surface area contributed by atoms with E-state index in [4.69, 9.17) is 0 Å². The number of rotatable bonds is 12. The van der Waals surface area contributed by atoms with E-state index in [0.29, 0.717) is 0 Å². The monoisotopic (exact) mass is 858 g/mol. The molecule has 18 N–H and O–H groups in total. The standard InChI is InChI=1S/C9H20FO27P9/c10-6-2-4(8(41(20,21)22,42(23,24)25)43(26,27)28)3(7(38(11,12)13,39(14,15)16)40(17,18)19)1-5(6)9(44(29,30)31,45(32,33)34)46(35,36)37/h1-2H,(H2,11,12,13)(H2,14,15,16)(H2,17,18,19)(H2,20,21,22)(H2,23,24,25)(H2,26,27,28)(H2,29,30,31)(H2,32,33,34)(H2,35,36,37). The van der Waals surface area contributed by atoms with Crippen LogP contribution in [-0.2, 0) is 55.0 Å². The Labute approximate surface area is 250 Å². The molecule has 37 heteroatoms. The van der Waals surface area contributed by atoms with Gasteiger partial charge in [0.2, 0.25) is 0 Å². The van der Waals surface area contributed by atoms with Crippen LogP contribution in [0.15, 0.2) is 12.1 Å². The molecule has 0 unspecified atom stereocenters. The summed E-state index contributed by atoms with van der Waals surface area (Å²) in [4.78, 5) is 176. The fourth-order valence-corrected chi connectivity index (χ4v) is 21.0. The van der Waals surface area contributed by atoms with Crippen LogP contribution in [0.5, 0.6) is 0 Å². The maximum atomic E-state index is 15.7. The van der Waals surface area contributed by atoms with Gasteiger partial charge in [0.05, 0.1) is 0 Å². The minimum atomic E-state index is -7.82. The van der Waals surface area contributed by atoms with E-state index in [-0.39, 0.29) is 0 Å². The van der Waals surface area contributed by atoms with E-state index < -0.39 is 117 Å². The third-order valence-corrected chi connectivity index (χ3v) is 29.4. The molecule has 0 spiro atoms. The third kappa shape index (κ3) is 6.31. The van der Waals surface area contributed by atoms with E-state index in [1.807, 2.05) is 0 Å². The molecule has 1 aromatic rings. The molecule has 0 aliphatic carbocycles. The van der Waals surface area contributed by atoms with Crippen LogP contribution in [0.4, 0.5) is 4.39 Å². The van der Waals surface area contributed by atoms with Crippen LogP contribution < -0.4 is 0 Å². The van der Waals surface area contributed by atoms with Crippen LogP contribution >= 0.6 is 68.4 Å². The van der Waals surface area contributed by atoms with Crippen LogP contribution in [0.3, 0.4) is 0 Å². The lowest BCUT2D eigenvalue weighted by atomic mass is 10.0. The van der Waals surface area contributed by atoms with Gasteiger partial charge in [0.25, 0.3) is 13.9 Å². The summed E-state index contributed by atoms with van der Waals surface area (Å²) in [6, 6.07) is -3.00. The Morgan fingerprint density at radius 3 is 0.652 bits per heavy atom. The smallest absolute Gasteiger partial charge is 0.323 e. The van der Waals surface area contributed by atoms with Gasteiger partial charge in [-0.3, -0.25) is 41.1 Å². The minimum Gasteiger partial charge on any atom is -0.323 e. The van der Waals surface area contributed by atoms with Crippen LogP contribution in [-0.4, -0.2) is 88.1 Å². The maximum Gasteiger partial charge on any atom is 0.360 e.